The highest BCUT2D eigenvalue weighted by Crippen LogP contribution is 2.19. The van der Waals surface area contributed by atoms with E-state index in [0.717, 1.165) is 24.1 Å². The molecule has 1 amide bonds. The van der Waals surface area contributed by atoms with Crippen molar-refractivity contribution < 1.29 is 19.1 Å². The highest BCUT2D eigenvalue weighted by molar-refractivity contribution is 6.04. The fourth-order valence-corrected chi connectivity index (χ4v) is 2.46. The minimum atomic E-state index is -0.713. The number of carbonyl (C=O) groups is 2. The lowest BCUT2D eigenvalue weighted by atomic mass is 10.1. The highest BCUT2D eigenvalue weighted by Gasteiger charge is 2.18. The van der Waals surface area contributed by atoms with Gasteiger partial charge in [-0.2, -0.15) is 0 Å². The number of hydrogen-bond donors (Lipinski definition) is 1. The van der Waals surface area contributed by atoms with Crippen LogP contribution in [0.5, 0.6) is 5.75 Å². The number of amides is 1. The van der Waals surface area contributed by atoms with Gasteiger partial charge in [0.2, 0.25) is 0 Å². The van der Waals surface area contributed by atoms with E-state index in [9.17, 15) is 9.59 Å². The highest BCUT2D eigenvalue weighted by atomic mass is 16.6. The van der Waals surface area contributed by atoms with Gasteiger partial charge in [0.05, 0.1) is 6.10 Å². The second-order valence-electron chi connectivity index (χ2n) is 6.41. The summed E-state index contributed by atoms with van der Waals surface area (Å²) in [5.74, 6) is -0.0804. The van der Waals surface area contributed by atoms with Crippen LogP contribution in [0, 0.1) is 0 Å². The first kappa shape index (κ1) is 20.5. The van der Waals surface area contributed by atoms with Crippen molar-refractivity contribution in [2.24, 2.45) is 0 Å². The van der Waals surface area contributed by atoms with Crippen molar-refractivity contribution in [2.75, 3.05) is 5.32 Å². The Balaban J connectivity index is 1.98. The Morgan fingerprint density at radius 1 is 1.00 bits per heavy atom. The molecule has 0 unspecified atom stereocenters. The van der Waals surface area contributed by atoms with Crippen LogP contribution in [-0.2, 0) is 16.0 Å². The summed E-state index contributed by atoms with van der Waals surface area (Å²) in [5.41, 5.74) is 2.41. The Hall–Kier alpha value is -2.82. The second-order valence-corrected chi connectivity index (χ2v) is 6.41. The van der Waals surface area contributed by atoms with Gasteiger partial charge in [-0.3, -0.25) is 4.79 Å². The minimum absolute atomic E-state index is 0.138. The smallest absolute Gasteiger partial charge is 0.347 e. The van der Waals surface area contributed by atoms with Gasteiger partial charge < -0.3 is 14.8 Å². The van der Waals surface area contributed by atoms with Crippen molar-refractivity contribution in [3.05, 3.63) is 59.7 Å². The van der Waals surface area contributed by atoms with Crippen LogP contribution in [0.4, 0.5) is 5.69 Å². The largest absolute Gasteiger partial charge is 0.479 e. The minimum Gasteiger partial charge on any atom is -0.479 e. The van der Waals surface area contributed by atoms with Crippen molar-refractivity contribution in [3.8, 4) is 5.75 Å². The van der Waals surface area contributed by atoms with E-state index in [1.54, 1.807) is 31.2 Å². The summed E-state index contributed by atoms with van der Waals surface area (Å²) in [6, 6.07) is 14.4. The third kappa shape index (κ3) is 5.84. The summed E-state index contributed by atoms with van der Waals surface area (Å²) in [4.78, 5) is 24.4. The molecule has 0 aromatic heterocycles. The van der Waals surface area contributed by atoms with E-state index in [4.69, 9.17) is 9.47 Å². The summed E-state index contributed by atoms with van der Waals surface area (Å²) >= 11 is 0. The van der Waals surface area contributed by atoms with Gasteiger partial charge in [0.25, 0.3) is 5.91 Å². The van der Waals surface area contributed by atoms with E-state index >= 15 is 0 Å². The summed E-state index contributed by atoms with van der Waals surface area (Å²) in [6.45, 7) is 7.48. The Morgan fingerprint density at radius 3 is 2.30 bits per heavy atom. The van der Waals surface area contributed by atoms with Gasteiger partial charge in [-0.15, -0.1) is 0 Å². The van der Waals surface area contributed by atoms with Crippen LogP contribution < -0.4 is 10.1 Å². The average molecular weight is 369 g/mol. The van der Waals surface area contributed by atoms with Gasteiger partial charge in [-0.1, -0.05) is 32.0 Å². The fraction of sp³-hybridized carbons (Fsp3) is 0.364. The van der Waals surface area contributed by atoms with E-state index in [1.807, 2.05) is 45.0 Å². The summed E-state index contributed by atoms with van der Waals surface area (Å²) in [5, 5.41) is 2.93. The molecule has 0 aliphatic rings. The molecule has 0 heterocycles. The van der Waals surface area contributed by atoms with E-state index in [1.165, 1.54) is 0 Å². The number of nitrogens with one attached hydrogen (secondary N) is 1. The van der Waals surface area contributed by atoms with Crippen LogP contribution in [0.2, 0.25) is 0 Å². The number of esters is 1. The zero-order valence-corrected chi connectivity index (χ0v) is 16.3. The average Bonchev–Trinajstić information content (AvgIpc) is 2.68. The Labute approximate surface area is 160 Å². The number of rotatable bonds is 8. The first-order chi connectivity index (χ1) is 12.9. The number of carbonyl (C=O) groups excluding carboxylic acids is 2. The third-order valence-corrected chi connectivity index (χ3v) is 4.30. The number of hydrogen-bond acceptors (Lipinski definition) is 4. The molecule has 0 aliphatic heterocycles. The normalized spacial score (nSPS) is 12.7. The first-order valence-corrected chi connectivity index (χ1v) is 9.31. The maximum atomic E-state index is 12.5. The van der Waals surface area contributed by atoms with Crippen LogP contribution in [0.1, 0.15) is 50.0 Å². The Kier molecular flexibility index (Phi) is 7.41. The van der Waals surface area contributed by atoms with Crippen LogP contribution in [-0.4, -0.2) is 24.1 Å². The third-order valence-electron chi connectivity index (χ3n) is 4.30. The molecule has 0 radical (unpaired) electrons. The zero-order chi connectivity index (χ0) is 19.8. The molecule has 2 rings (SSSR count). The Morgan fingerprint density at radius 2 is 1.67 bits per heavy atom. The van der Waals surface area contributed by atoms with Gasteiger partial charge in [0, 0.05) is 11.3 Å². The van der Waals surface area contributed by atoms with Crippen molar-refractivity contribution in [2.45, 2.75) is 52.7 Å². The molecule has 0 bridgehead atoms. The molecule has 0 spiro atoms. The second kappa shape index (κ2) is 9.76. The van der Waals surface area contributed by atoms with Gasteiger partial charge in [-0.25, -0.2) is 4.79 Å². The van der Waals surface area contributed by atoms with Crippen LogP contribution in [0.3, 0.4) is 0 Å². The van der Waals surface area contributed by atoms with Gasteiger partial charge in [0.15, 0.2) is 6.10 Å². The molecule has 0 saturated carbocycles. The fourth-order valence-electron chi connectivity index (χ4n) is 2.46. The summed E-state index contributed by atoms with van der Waals surface area (Å²) in [7, 11) is 0. The monoisotopic (exact) mass is 369 g/mol. The molecular weight excluding hydrogens is 342 g/mol. The van der Waals surface area contributed by atoms with E-state index in [2.05, 4.69) is 5.32 Å². The molecule has 144 valence electrons. The summed E-state index contributed by atoms with van der Waals surface area (Å²) in [6.07, 6.45) is 0.743. The van der Waals surface area contributed by atoms with Crippen molar-refractivity contribution >= 4 is 17.6 Å². The van der Waals surface area contributed by atoms with Crippen LogP contribution >= 0.6 is 0 Å². The standard InChI is InChI=1S/C22H27NO4/c1-5-15(3)26-22(25)16(4)27-19-13-11-18(12-14-19)21(24)23-20-10-8-7-9-17(20)6-2/h7-16H,5-6H2,1-4H3,(H,23,24)/t15-,16-/m0/s1. The number of ether oxygens (including phenoxy) is 2. The molecule has 2 atom stereocenters. The quantitative estimate of drug-likeness (QED) is 0.690. The number of benzene rings is 2. The first-order valence-electron chi connectivity index (χ1n) is 9.31. The van der Waals surface area contributed by atoms with Crippen LogP contribution in [0.15, 0.2) is 48.5 Å². The maximum absolute atomic E-state index is 12.5. The van der Waals surface area contributed by atoms with E-state index < -0.39 is 12.1 Å². The molecule has 2 aromatic rings. The SMILES string of the molecule is CCc1ccccc1NC(=O)c1ccc(O[C@@H](C)C(=O)O[C@@H](C)CC)cc1. The van der Waals surface area contributed by atoms with E-state index in [0.29, 0.717) is 11.3 Å². The zero-order valence-electron chi connectivity index (χ0n) is 16.3. The molecule has 27 heavy (non-hydrogen) atoms. The molecule has 0 fully saturated rings. The molecule has 5 heteroatoms. The predicted octanol–water partition coefficient (Wildman–Crippen LogP) is 4.61. The van der Waals surface area contributed by atoms with Crippen molar-refractivity contribution in [3.63, 3.8) is 0 Å². The molecule has 0 aliphatic carbocycles. The number of anilines is 1. The van der Waals surface area contributed by atoms with Crippen LogP contribution in [0.25, 0.3) is 0 Å². The predicted molar refractivity (Wildman–Crippen MR) is 106 cm³/mol. The lowest BCUT2D eigenvalue weighted by Crippen LogP contribution is -2.29. The number of para-hydroxylation sites is 1. The molecule has 1 N–H and O–H groups in total. The molecular formula is C22H27NO4. The lowest BCUT2D eigenvalue weighted by molar-refractivity contribution is -0.155. The van der Waals surface area contributed by atoms with Gasteiger partial charge in [-0.05, 0) is 62.6 Å². The van der Waals surface area contributed by atoms with Gasteiger partial charge >= 0.3 is 5.97 Å². The molecule has 0 saturated heterocycles. The summed E-state index contributed by atoms with van der Waals surface area (Å²) < 4.78 is 10.9. The van der Waals surface area contributed by atoms with Gasteiger partial charge in [0.1, 0.15) is 5.75 Å². The molecule has 5 nitrogen and oxygen atoms in total. The van der Waals surface area contributed by atoms with Crippen molar-refractivity contribution in [1.82, 2.24) is 0 Å². The van der Waals surface area contributed by atoms with E-state index in [-0.39, 0.29) is 12.0 Å². The maximum Gasteiger partial charge on any atom is 0.347 e. The molecule has 2 aromatic carbocycles. The lowest BCUT2D eigenvalue weighted by Gasteiger charge is -2.17. The Bertz CT molecular complexity index is 770. The topological polar surface area (TPSA) is 64.6 Å². The number of aryl methyl sites for hydroxylation is 1. The van der Waals surface area contributed by atoms with Crippen molar-refractivity contribution in [1.29, 1.82) is 0 Å².